The molecule has 0 radical (unpaired) electrons. The highest BCUT2D eigenvalue weighted by Gasteiger charge is 2.20. The molecular weight excluding hydrogens is 446 g/mol. The number of rotatable bonds is 9. The summed E-state index contributed by atoms with van der Waals surface area (Å²) in [6.45, 7) is 0.392. The molecule has 0 aliphatic heterocycles. The van der Waals surface area contributed by atoms with Gasteiger partial charge in [-0.25, -0.2) is 22.9 Å². The van der Waals surface area contributed by atoms with Crippen LogP contribution in [0.2, 0.25) is 0 Å². The van der Waals surface area contributed by atoms with Crippen LogP contribution in [0.4, 0.5) is 0 Å². The largest absolute Gasteiger partial charge is 0.477 e. The molecule has 0 saturated heterocycles. The van der Waals surface area contributed by atoms with E-state index in [0.717, 1.165) is 25.1 Å². The number of aromatic nitrogens is 1. The summed E-state index contributed by atoms with van der Waals surface area (Å²) in [4.78, 5) is 38.8. The topological polar surface area (TPSA) is 143 Å². The van der Waals surface area contributed by atoms with E-state index in [4.69, 9.17) is 5.11 Å². The first-order valence-electron chi connectivity index (χ1n) is 10.9. The molecule has 3 N–H and O–H groups in total. The molecule has 2 aromatic rings. The van der Waals surface area contributed by atoms with Crippen LogP contribution >= 0.6 is 0 Å². The van der Waals surface area contributed by atoms with Crippen LogP contribution in [0.25, 0.3) is 0 Å². The molecule has 1 aliphatic carbocycles. The van der Waals surface area contributed by atoms with Gasteiger partial charge in [-0.2, -0.15) is 0 Å². The number of aromatic carboxylic acids is 1. The SMILES string of the molecule is O=C(CC1CCCCC1)NCCc1cccc(S(=O)(=O)NC(=O)c2ccc(C(=O)O)nc2)c1. The number of carboxylic acids is 1. The fourth-order valence-corrected chi connectivity index (χ4v) is 4.88. The average Bonchev–Trinajstić information content (AvgIpc) is 2.79. The lowest BCUT2D eigenvalue weighted by Gasteiger charge is -2.20. The molecule has 1 aromatic heterocycles. The summed E-state index contributed by atoms with van der Waals surface area (Å²) in [7, 11) is -4.15. The van der Waals surface area contributed by atoms with E-state index < -0.39 is 21.9 Å². The van der Waals surface area contributed by atoms with Crippen molar-refractivity contribution in [2.75, 3.05) is 6.54 Å². The minimum atomic E-state index is -4.15. The number of sulfonamides is 1. The van der Waals surface area contributed by atoms with Gasteiger partial charge in [-0.15, -0.1) is 0 Å². The lowest BCUT2D eigenvalue weighted by Crippen LogP contribution is -2.31. The maximum Gasteiger partial charge on any atom is 0.354 e. The zero-order valence-corrected chi connectivity index (χ0v) is 18.9. The van der Waals surface area contributed by atoms with Crippen molar-refractivity contribution in [1.82, 2.24) is 15.0 Å². The third-order valence-corrected chi connectivity index (χ3v) is 6.94. The number of hydrogen-bond donors (Lipinski definition) is 3. The van der Waals surface area contributed by atoms with Crippen molar-refractivity contribution in [3.05, 3.63) is 59.4 Å². The van der Waals surface area contributed by atoms with Gasteiger partial charge in [0.25, 0.3) is 15.9 Å². The summed E-state index contributed by atoms with van der Waals surface area (Å²) in [5.41, 5.74) is 0.365. The van der Waals surface area contributed by atoms with Gasteiger partial charge in [0.15, 0.2) is 0 Å². The number of nitrogens with one attached hydrogen (secondary N) is 2. The number of amides is 2. The minimum Gasteiger partial charge on any atom is -0.477 e. The molecule has 0 bridgehead atoms. The highest BCUT2D eigenvalue weighted by atomic mass is 32.2. The molecule has 0 spiro atoms. The number of benzene rings is 1. The minimum absolute atomic E-state index is 0.0143. The van der Waals surface area contributed by atoms with Crippen molar-refractivity contribution in [2.24, 2.45) is 5.92 Å². The van der Waals surface area contributed by atoms with Crippen molar-refractivity contribution >= 4 is 27.8 Å². The smallest absolute Gasteiger partial charge is 0.354 e. The molecule has 1 aromatic carbocycles. The van der Waals surface area contributed by atoms with E-state index in [1.807, 2.05) is 4.72 Å². The molecule has 1 saturated carbocycles. The summed E-state index contributed by atoms with van der Waals surface area (Å²) in [6.07, 6.45) is 7.78. The van der Waals surface area contributed by atoms with E-state index in [1.165, 1.54) is 37.5 Å². The van der Waals surface area contributed by atoms with Gasteiger partial charge in [0.1, 0.15) is 5.69 Å². The number of carbonyl (C=O) groups is 3. The normalized spacial score (nSPS) is 14.4. The molecule has 176 valence electrons. The van der Waals surface area contributed by atoms with Gasteiger partial charge in [-0.1, -0.05) is 31.4 Å². The lowest BCUT2D eigenvalue weighted by atomic mass is 9.87. The summed E-state index contributed by atoms with van der Waals surface area (Å²) in [5, 5.41) is 11.8. The first kappa shape index (κ1) is 24.4. The summed E-state index contributed by atoms with van der Waals surface area (Å²) >= 11 is 0. The number of carboxylic acid groups (broad SMARTS) is 1. The van der Waals surface area contributed by atoms with E-state index in [1.54, 1.807) is 12.1 Å². The monoisotopic (exact) mass is 473 g/mol. The molecule has 1 aliphatic rings. The Hall–Kier alpha value is -3.27. The van der Waals surface area contributed by atoms with Gasteiger partial charge < -0.3 is 10.4 Å². The van der Waals surface area contributed by atoms with Crippen LogP contribution in [0.5, 0.6) is 0 Å². The second-order valence-corrected chi connectivity index (χ2v) is 9.81. The van der Waals surface area contributed by atoms with Crippen LogP contribution in [-0.4, -0.2) is 42.8 Å². The maximum absolute atomic E-state index is 12.6. The first-order valence-corrected chi connectivity index (χ1v) is 12.3. The van der Waals surface area contributed by atoms with Gasteiger partial charge in [0.2, 0.25) is 5.91 Å². The molecule has 3 rings (SSSR count). The molecular formula is C23H27N3O6S. The number of hydrogen-bond acceptors (Lipinski definition) is 6. The second kappa shape index (κ2) is 11.0. The fraction of sp³-hybridized carbons (Fsp3) is 0.391. The number of carbonyl (C=O) groups excluding carboxylic acids is 2. The van der Waals surface area contributed by atoms with E-state index >= 15 is 0 Å². The van der Waals surface area contributed by atoms with Crippen LogP contribution in [0.3, 0.4) is 0 Å². The van der Waals surface area contributed by atoms with Crippen molar-refractivity contribution < 1.29 is 27.9 Å². The lowest BCUT2D eigenvalue weighted by molar-refractivity contribution is -0.122. The van der Waals surface area contributed by atoms with E-state index in [9.17, 15) is 22.8 Å². The number of nitrogens with zero attached hydrogens (tertiary/aromatic N) is 1. The Morgan fingerprint density at radius 2 is 1.82 bits per heavy atom. The Kier molecular flexibility index (Phi) is 8.16. The van der Waals surface area contributed by atoms with Crippen LogP contribution in [-0.2, 0) is 21.2 Å². The van der Waals surface area contributed by atoms with Crippen LogP contribution in [0, 0.1) is 5.92 Å². The van der Waals surface area contributed by atoms with Crippen LogP contribution in [0.1, 0.15) is 64.9 Å². The zero-order valence-electron chi connectivity index (χ0n) is 18.1. The van der Waals surface area contributed by atoms with Gasteiger partial charge in [-0.05, 0) is 55.0 Å². The van der Waals surface area contributed by atoms with Crippen LogP contribution in [0.15, 0.2) is 47.5 Å². The summed E-state index contributed by atoms with van der Waals surface area (Å²) in [5.74, 6) is -1.71. The predicted octanol–water partition coefficient (Wildman–Crippen LogP) is 2.53. The molecule has 0 atom stereocenters. The second-order valence-electron chi connectivity index (χ2n) is 8.13. The van der Waals surface area contributed by atoms with Gasteiger partial charge in [0, 0.05) is 19.2 Å². The van der Waals surface area contributed by atoms with Gasteiger partial charge in [0.05, 0.1) is 10.5 Å². The van der Waals surface area contributed by atoms with Crippen molar-refractivity contribution in [2.45, 2.75) is 49.8 Å². The quantitative estimate of drug-likeness (QED) is 0.508. The molecule has 9 nitrogen and oxygen atoms in total. The molecule has 33 heavy (non-hydrogen) atoms. The Morgan fingerprint density at radius 3 is 2.48 bits per heavy atom. The average molecular weight is 474 g/mol. The third-order valence-electron chi connectivity index (χ3n) is 5.62. The number of pyridine rings is 1. The van der Waals surface area contributed by atoms with Crippen molar-refractivity contribution in [1.29, 1.82) is 0 Å². The Morgan fingerprint density at radius 1 is 1.06 bits per heavy atom. The van der Waals surface area contributed by atoms with E-state index in [0.29, 0.717) is 30.9 Å². The Labute approximate surface area is 192 Å². The van der Waals surface area contributed by atoms with Gasteiger partial charge >= 0.3 is 5.97 Å². The van der Waals surface area contributed by atoms with E-state index in [2.05, 4.69) is 10.3 Å². The Bertz CT molecular complexity index is 1110. The molecule has 0 unspecified atom stereocenters. The van der Waals surface area contributed by atoms with E-state index in [-0.39, 0.29) is 22.1 Å². The predicted molar refractivity (Wildman–Crippen MR) is 120 cm³/mol. The highest BCUT2D eigenvalue weighted by Crippen LogP contribution is 2.26. The maximum atomic E-state index is 12.6. The Balaban J connectivity index is 1.55. The highest BCUT2D eigenvalue weighted by molar-refractivity contribution is 7.90. The standard InChI is InChI=1S/C23H27N3O6S/c27-21(14-16-5-2-1-3-6-16)24-12-11-17-7-4-8-19(13-17)33(31,32)26-22(28)18-9-10-20(23(29)30)25-15-18/h4,7-10,13,15-16H,1-3,5-6,11-12,14H2,(H,24,27)(H,26,28)(H,29,30). The summed E-state index contributed by atoms with van der Waals surface area (Å²) < 4.78 is 27.2. The summed E-state index contributed by atoms with van der Waals surface area (Å²) in [6, 6.07) is 8.45. The molecule has 1 fully saturated rings. The molecule has 10 heteroatoms. The van der Waals surface area contributed by atoms with Crippen molar-refractivity contribution in [3.8, 4) is 0 Å². The van der Waals surface area contributed by atoms with Crippen LogP contribution < -0.4 is 10.0 Å². The van der Waals surface area contributed by atoms with Gasteiger partial charge in [-0.3, -0.25) is 9.59 Å². The zero-order chi connectivity index (χ0) is 23.8. The molecule has 1 heterocycles. The third kappa shape index (κ3) is 7.11. The molecule has 2 amide bonds. The first-order chi connectivity index (χ1) is 15.7. The van der Waals surface area contributed by atoms with Crippen molar-refractivity contribution in [3.63, 3.8) is 0 Å². The fourth-order valence-electron chi connectivity index (χ4n) is 3.83.